The van der Waals surface area contributed by atoms with Crippen LogP contribution in [0.2, 0.25) is 0 Å². The number of benzene rings is 1. The summed E-state index contributed by atoms with van der Waals surface area (Å²) < 4.78 is 28.6. The van der Waals surface area contributed by atoms with E-state index in [4.69, 9.17) is 0 Å². The van der Waals surface area contributed by atoms with Crippen molar-refractivity contribution in [3.8, 4) is 0 Å². The van der Waals surface area contributed by atoms with Crippen molar-refractivity contribution in [3.63, 3.8) is 0 Å². The number of hydrogen-bond donors (Lipinski definition) is 1. The molecule has 22 heavy (non-hydrogen) atoms. The lowest BCUT2D eigenvalue weighted by Crippen LogP contribution is -2.40. The van der Waals surface area contributed by atoms with E-state index in [-0.39, 0.29) is 12.0 Å². The summed E-state index contributed by atoms with van der Waals surface area (Å²) in [6, 6.07) is 7.02. The highest BCUT2D eigenvalue weighted by molar-refractivity contribution is 8.17. The maximum absolute atomic E-state index is 12.6. The van der Waals surface area contributed by atoms with Crippen LogP contribution in [-0.2, 0) is 10.0 Å². The van der Waals surface area contributed by atoms with Gasteiger partial charge in [-0.2, -0.15) is 0 Å². The van der Waals surface area contributed by atoms with Gasteiger partial charge in [-0.1, -0.05) is 31.5 Å². The van der Waals surface area contributed by atoms with Crippen LogP contribution in [0.1, 0.15) is 32.3 Å². The standard InChI is InChI=1S/C16H25NO2S3/c1-12(2)15(11-16-20-9-4-10-21-16)17-22(18,19)14-7-5-13(3)6-8-14/h5-8,12,15-17H,4,9-11H2,1-3H3/t15-/m1/s1. The molecule has 0 unspecified atom stereocenters. The third-order valence-corrected chi connectivity index (χ3v) is 8.28. The molecule has 6 heteroatoms. The lowest BCUT2D eigenvalue weighted by Gasteiger charge is -2.28. The minimum absolute atomic E-state index is 0.0191. The van der Waals surface area contributed by atoms with E-state index in [2.05, 4.69) is 18.6 Å². The molecule has 1 aliphatic heterocycles. The van der Waals surface area contributed by atoms with Crippen LogP contribution in [0.4, 0.5) is 0 Å². The molecule has 1 atom stereocenters. The molecule has 1 aliphatic rings. The first-order chi connectivity index (χ1) is 10.4. The van der Waals surface area contributed by atoms with Crippen LogP contribution >= 0.6 is 23.5 Å². The monoisotopic (exact) mass is 359 g/mol. The SMILES string of the molecule is Cc1ccc(S(=O)(=O)N[C@H](CC2SCCCS2)C(C)C)cc1. The molecule has 0 saturated carbocycles. The molecule has 0 aliphatic carbocycles. The molecule has 2 rings (SSSR count). The summed E-state index contributed by atoms with van der Waals surface area (Å²) in [5.74, 6) is 2.66. The van der Waals surface area contributed by atoms with Gasteiger partial charge >= 0.3 is 0 Å². The summed E-state index contributed by atoms with van der Waals surface area (Å²) in [4.78, 5) is 0.354. The second kappa shape index (κ2) is 8.08. The summed E-state index contributed by atoms with van der Waals surface area (Å²) in [7, 11) is -3.44. The zero-order valence-corrected chi connectivity index (χ0v) is 15.9. The Morgan fingerprint density at radius 3 is 2.32 bits per heavy atom. The first kappa shape index (κ1) is 18.2. The van der Waals surface area contributed by atoms with Crippen molar-refractivity contribution >= 4 is 33.5 Å². The lowest BCUT2D eigenvalue weighted by atomic mass is 10.0. The van der Waals surface area contributed by atoms with Crippen LogP contribution < -0.4 is 4.72 Å². The molecular weight excluding hydrogens is 334 g/mol. The smallest absolute Gasteiger partial charge is 0.208 e. The average molecular weight is 360 g/mol. The second-order valence-electron chi connectivity index (χ2n) is 6.05. The molecule has 1 N–H and O–H groups in total. The Hall–Kier alpha value is -0.170. The van der Waals surface area contributed by atoms with Gasteiger partial charge in [0.1, 0.15) is 0 Å². The number of aryl methyl sites for hydroxylation is 1. The predicted octanol–water partition coefficient (Wildman–Crippen LogP) is 3.88. The van der Waals surface area contributed by atoms with E-state index in [0.717, 1.165) is 12.0 Å². The molecule has 1 aromatic carbocycles. The van der Waals surface area contributed by atoms with Gasteiger partial charge in [-0.05, 0) is 49.3 Å². The first-order valence-electron chi connectivity index (χ1n) is 7.70. The fourth-order valence-corrected chi connectivity index (χ4v) is 6.70. The molecule has 1 aromatic rings. The van der Waals surface area contributed by atoms with Gasteiger partial charge < -0.3 is 0 Å². The van der Waals surface area contributed by atoms with Crippen molar-refractivity contribution in [2.45, 2.75) is 49.1 Å². The summed E-state index contributed by atoms with van der Waals surface area (Å²) in [5.41, 5.74) is 1.06. The van der Waals surface area contributed by atoms with Crippen molar-refractivity contribution in [3.05, 3.63) is 29.8 Å². The fraction of sp³-hybridized carbons (Fsp3) is 0.625. The van der Waals surface area contributed by atoms with E-state index in [0.29, 0.717) is 9.48 Å². The van der Waals surface area contributed by atoms with Gasteiger partial charge in [-0.3, -0.25) is 0 Å². The van der Waals surface area contributed by atoms with Gasteiger partial charge in [0, 0.05) is 6.04 Å². The van der Waals surface area contributed by atoms with Crippen LogP contribution in [-0.4, -0.2) is 30.5 Å². The summed E-state index contributed by atoms with van der Waals surface area (Å²) in [5, 5.41) is 0. The first-order valence-corrected chi connectivity index (χ1v) is 11.3. The third kappa shape index (κ3) is 5.18. The topological polar surface area (TPSA) is 46.2 Å². The minimum Gasteiger partial charge on any atom is -0.208 e. The largest absolute Gasteiger partial charge is 0.240 e. The molecule has 0 bridgehead atoms. The summed E-state index contributed by atoms with van der Waals surface area (Å²) in [6.45, 7) is 6.12. The van der Waals surface area contributed by atoms with Gasteiger partial charge in [0.25, 0.3) is 0 Å². The van der Waals surface area contributed by atoms with Crippen LogP contribution in [0.15, 0.2) is 29.2 Å². The normalized spacial score (nSPS) is 18.5. The number of nitrogens with one attached hydrogen (secondary N) is 1. The molecule has 1 fully saturated rings. The van der Waals surface area contributed by atoms with E-state index in [1.807, 2.05) is 42.6 Å². The van der Waals surface area contributed by atoms with Crippen molar-refractivity contribution in [2.24, 2.45) is 5.92 Å². The quantitative estimate of drug-likeness (QED) is 0.837. The zero-order chi connectivity index (χ0) is 16.2. The van der Waals surface area contributed by atoms with Gasteiger partial charge in [-0.15, -0.1) is 23.5 Å². The van der Waals surface area contributed by atoms with E-state index >= 15 is 0 Å². The van der Waals surface area contributed by atoms with E-state index in [1.165, 1.54) is 17.9 Å². The molecule has 124 valence electrons. The highest BCUT2D eigenvalue weighted by atomic mass is 32.2. The molecular formula is C16H25NO2S3. The van der Waals surface area contributed by atoms with E-state index in [1.54, 1.807) is 12.1 Å². The lowest BCUT2D eigenvalue weighted by molar-refractivity contribution is 0.435. The number of rotatable bonds is 6. The Labute approximate surface area is 143 Å². The van der Waals surface area contributed by atoms with Gasteiger partial charge in [0.2, 0.25) is 10.0 Å². The second-order valence-corrected chi connectivity index (χ2v) is 10.7. The summed E-state index contributed by atoms with van der Waals surface area (Å²) >= 11 is 3.92. The Balaban J connectivity index is 2.07. The fourth-order valence-electron chi connectivity index (χ4n) is 2.32. The number of sulfonamides is 1. The zero-order valence-electron chi connectivity index (χ0n) is 13.4. The molecule has 0 aromatic heterocycles. The molecule has 1 saturated heterocycles. The summed E-state index contributed by atoms with van der Waals surface area (Å²) in [6.07, 6.45) is 2.14. The Bertz CT molecular complexity index is 564. The van der Waals surface area contributed by atoms with Gasteiger partial charge in [0.05, 0.1) is 9.48 Å². The minimum atomic E-state index is -3.44. The Morgan fingerprint density at radius 2 is 1.77 bits per heavy atom. The van der Waals surface area contributed by atoms with Crippen LogP contribution in [0, 0.1) is 12.8 Å². The third-order valence-electron chi connectivity index (χ3n) is 3.79. The van der Waals surface area contributed by atoms with Gasteiger partial charge in [-0.25, -0.2) is 13.1 Å². The Kier molecular flexibility index (Phi) is 6.68. The predicted molar refractivity (Wildman–Crippen MR) is 98.1 cm³/mol. The Morgan fingerprint density at radius 1 is 1.18 bits per heavy atom. The molecule has 0 spiro atoms. The maximum Gasteiger partial charge on any atom is 0.240 e. The maximum atomic E-state index is 12.6. The van der Waals surface area contributed by atoms with E-state index < -0.39 is 10.0 Å². The molecule has 3 nitrogen and oxygen atoms in total. The average Bonchev–Trinajstić information content (AvgIpc) is 2.48. The van der Waals surface area contributed by atoms with Crippen molar-refractivity contribution in [1.29, 1.82) is 0 Å². The number of hydrogen-bond acceptors (Lipinski definition) is 4. The molecule has 0 radical (unpaired) electrons. The highest BCUT2D eigenvalue weighted by Crippen LogP contribution is 2.34. The highest BCUT2D eigenvalue weighted by Gasteiger charge is 2.26. The number of thioether (sulfide) groups is 2. The van der Waals surface area contributed by atoms with Crippen molar-refractivity contribution < 1.29 is 8.42 Å². The van der Waals surface area contributed by atoms with Crippen molar-refractivity contribution in [1.82, 2.24) is 4.72 Å². The van der Waals surface area contributed by atoms with E-state index in [9.17, 15) is 8.42 Å². The molecule has 1 heterocycles. The van der Waals surface area contributed by atoms with Crippen LogP contribution in [0.3, 0.4) is 0 Å². The van der Waals surface area contributed by atoms with Crippen LogP contribution in [0.25, 0.3) is 0 Å². The van der Waals surface area contributed by atoms with Gasteiger partial charge in [0.15, 0.2) is 0 Å². The van der Waals surface area contributed by atoms with Crippen molar-refractivity contribution in [2.75, 3.05) is 11.5 Å². The molecule has 0 amide bonds. The van der Waals surface area contributed by atoms with Crippen LogP contribution in [0.5, 0.6) is 0 Å².